The minimum absolute atomic E-state index is 0.269. The second kappa shape index (κ2) is 6.83. The van der Waals surface area contributed by atoms with Gasteiger partial charge in [0.15, 0.2) is 0 Å². The number of hydrogen-bond donors (Lipinski definition) is 1. The molecule has 1 N–H and O–H groups in total. The van der Waals surface area contributed by atoms with E-state index in [9.17, 15) is 12.8 Å². The number of aryl methyl sites for hydroxylation is 1. The van der Waals surface area contributed by atoms with Crippen molar-refractivity contribution in [1.29, 1.82) is 0 Å². The molecule has 0 bridgehead atoms. The Kier molecular flexibility index (Phi) is 5.09. The van der Waals surface area contributed by atoms with E-state index in [1.807, 2.05) is 30.3 Å². The summed E-state index contributed by atoms with van der Waals surface area (Å²) in [6, 6.07) is 14.9. The van der Waals surface area contributed by atoms with E-state index in [1.165, 1.54) is 18.2 Å². The van der Waals surface area contributed by atoms with Gasteiger partial charge in [-0.15, -0.1) is 0 Å². The summed E-state index contributed by atoms with van der Waals surface area (Å²) < 4.78 is 40.3. The summed E-state index contributed by atoms with van der Waals surface area (Å²) in [6.45, 7) is 1.78. The Morgan fingerprint density at radius 3 is 2.33 bits per heavy atom. The molecule has 0 saturated heterocycles. The highest BCUT2D eigenvalue weighted by molar-refractivity contribution is 7.89. The van der Waals surface area contributed by atoms with Crippen LogP contribution < -0.4 is 4.72 Å². The first-order chi connectivity index (χ1) is 9.99. The summed E-state index contributed by atoms with van der Waals surface area (Å²) in [4.78, 5) is -0.309. The fraction of sp³-hybridized carbons (Fsp3) is 0.250. The van der Waals surface area contributed by atoms with Crippen LogP contribution in [0.3, 0.4) is 0 Å². The number of rotatable bonds is 6. The largest absolute Gasteiger partial charge is 0.243 e. The molecular formula is C16H18FNO2S. The van der Waals surface area contributed by atoms with E-state index in [0.717, 1.165) is 18.1 Å². The molecule has 0 aliphatic rings. The van der Waals surface area contributed by atoms with Crippen LogP contribution in [0.1, 0.15) is 18.9 Å². The van der Waals surface area contributed by atoms with Crippen LogP contribution in [0.5, 0.6) is 0 Å². The van der Waals surface area contributed by atoms with Crippen LogP contribution in [0, 0.1) is 5.82 Å². The van der Waals surface area contributed by atoms with Crippen molar-refractivity contribution in [2.24, 2.45) is 0 Å². The van der Waals surface area contributed by atoms with Gasteiger partial charge >= 0.3 is 0 Å². The van der Waals surface area contributed by atoms with Crippen LogP contribution in [-0.2, 0) is 16.4 Å². The van der Waals surface area contributed by atoms with Gasteiger partial charge < -0.3 is 0 Å². The number of sulfonamides is 1. The summed E-state index contributed by atoms with van der Waals surface area (Å²) in [7, 11) is -3.82. The van der Waals surface area contributed by atoms with Crippen molar-refractivity contribution in [2.45, 2.75) is 30.7 Å². The summed E-state index contributed by atoms with van der Waals surface area (Å²) in [5, 5.41) is 0. The Morgan fingerprint density at radius 2 is 1.67 bits per heavy atom. The van der Waals surface area contributed by atoms with Crippen molar-refractivity contribution in [3.63, 3.8) is 0 Å². The molecule has 0 unspecified atom stereocenters. The van der Waals surface area contributed by atoms with E-state index in [2.05, 4.69) is 4.72 Å². The highest BCUT2D eigenvalue weighted by atomic mass is 32.2. The molecular weight excluding hydrogens is 289 g/mol. The van der Waals surface area contributed by atoms with E-state index in [-0.39, 0.29) is 10.9 Å². The second-order valence-electron chi connectivity index (χ2n) is 4.98. The molecule has 3 nitrogen and oxygen atoms in total. The molecule has 2 rings (SSSR count). The normalized spacial score (nSPS) is 13.0. The lowest BCUT2D eigenvalue weighted by molar-refractivity contribution is 0.533. The van der Waals surface area contributed by atoms with Gasteiger partial charge in [-0.1, -0.05) is 42.5 Å². The Hall–Kier alpha value is -1.72. The molecule has 21 heavy (non-hydrogen) atoms. The first-order valence-electron chi connectivity index (χ1n) is 6.80. The van der Waals surface area contributed by atoms with E-state index in [1.54, 1.807) is 6.92 Å². The Labute approximate surface area is 124 Å². The van der Waals surface area contributed by atoms with E-state index in [0.29, 0.717) is 6.42 Å². The molecule has 0 aromatic heterocycles. The Balaban J connectivity index is 1.99. The Morgan fingerprint density at radius 1 is 1.05 bits per heavy atom. The molecule has 5 heteroatoms. The van der Waals surface area contributed by atoms with Crippen molar-refractivity contribution in [1.82, 2.24) is 4.72 Å². The molecule has 1 atom stereocenters. The molecule has 0 fully saturated rings. The van der Waals surface area contributed by atoms with Crippen molar-refractivity contribution in [3.05, 3.63) is 66.0 Å². The lowest BCUT2D eigenvalue weighted by Crippen LogP contribution is -2.33. The van der Waals surface area contributed by atoms with Gasteiger partial charge in [-0.2, -0.15) is 0 Å². The van der Waals surface area contributed by atoms with Crippen molar-refractivity contribution in [3.8, 4) is 0 Å². The smallest absolute Gasteiger partial charge is 0.208 e. The molecule has 0 radical (unpaired) electrons. The standard InChI is InChI=1S/C16H18FNO2S/c1-13(11-12-14-7-3-2-4-8-14)18-21(19,20)16-10-6-5-9-15(16)17/h2-10,13,18H,11-12H2,1H3/t13-/m0/s1. The van der Waals surface area contributed by atoms with Gasteiger partial charge in [-0.05, 0) is 37.5 Å². The van der Waals surface area contributed by atoms with Gasteiger partial charge in [0, 0.05) is 6.04 Å². The molecule has 0 aliphatic heterocycles. The Bertz CT molecular complexity index is 686. The number of halogens is 1. The highest BCUT2D eigenvalue weighted by Gasteiger charge is 2.20. The fourth-order valence-corrected chi connectivity index (χ4v) is 3.43. The minimum Gasteiger partial charge on any atom is -0.208 e. The van der Waals surface area contributed by atoms with Gasteiger partial charge in [0.1, 0.15) is 10.7 Å². The maximum Gasteiger partial charge on any atom is 0.243 e. The van der Waals surface area contributed by atoms with Crippen LogP contribution in [0.2, 0.25) is 0 Å². The third-order valence-electron chi connectivity index (χ3n) is 3.19. The monoisotopic (exact) mass is 307 g/mol. The molecule has 0 aliphatic carbocycles. The predicted molar refractivity (Wildman–Crippen MR) is 80.9 cm³/mol. The molecule has 112 valence electrons. The number of hydrogen-bond acceptors (Lipinski definition) is 2. The predicted octanol–water partition coefficient (Wildman–Crippen LogP) is 3.13. The van der Waals surface area contributed by atoms with Crippen molar-refractivity contribution < 1.29 is 12.8 Å². The fourth-order valence-electron chi connectivity index (χ4n) is 2.08. The van der Waals surface area contributed by atoms with E-state index < -0.39 is 15.8 Å². The summed E-state index contributed by atoms with van der Waals surface area (Å²) in [5.41, 5.74) is 1.15. The van der Waals surface area contributed by atoms with Crippen molar-refractivity contribution >= 4 is 10.0 Å². The van der Waals surface area contributed by atoms with Crippen LogP contribution in [0.25, 0.3) is 0 Å². The van der Waals surface area contributed by atoms with Gasteiger partial charge in [0.25, 0.3) is 0 Å². The first kappa shape index (κ1) is 15.7. The van der Waals surface area contributed by atoms with Gasteiger partial charge in [0.2, 0.25) is 10.0 Å². The van der Waals surface area contributed by atoms with E-state index >= 15 is 0 Å². The van der Waals surface area contributed by atoms with E-state index in [4.69, 9.17) is 0 Å². The third-order valence-corrected chi connectivity index (χ3v) is 4.81. The number of benzene rings is 2. The minimum atomic E-state index is -3.82. The van der Waals surface area contributed by atoms with Crippen molar-refractivity contribution in [2.75, 3.05) is 0 Å². The quantitative estimate of drug-likeness (QED) is 0.891. The molecule has 0 saturated carbocycles. The zero-order chi connectivity index (χ0) is 15.3. The lowest BCUT2D eigenvalue weighted by atomic mass is 10.1. The zero-order valence-corrected chi connectivity index (χ0v) is 12.6. The van der Waals surface area contributed by atoms with Gasteiger partial charge in [-0.25, -0.2) is 17.5 Å². The topological polar surface area (TPSA) is 46.2 Å². The van der Waals surface area contributed by atoms with Crippen LogP contribution in [0.4, 0.5) is 4.39 Å². The summed E-state index contributed by atoms with van der Waals surface area (Å²) >= 11 is 0. The molecule has 0 amide bonds. The molecule has 2 aromatic rings. The SMILES string of the molecule is C[C@@H](CCc1ccccc1)NS(=O)(=O)c1ccccc1F. The third kappa shape index (κ3) is 4.37. The highest BCUT2D eigenvalue weighted by Crippen LogP contribution is 2.14. The average Bonchev–Trinajstić information content (AvgIpc) is 2.46. The first-order valence-corrected chi connectivity index (χ1v) is 8.28. The summed E-state index contributed by atoms with van der Waals surface area (Å²) in [5.74, 6) is -0.736. The molecule has 2 aromatic carbocycles. The van der Waals surface area contributed by atoms with Crippen LogP contribution in [-0.4, -0.2) is 14.5 Å². The van der Waals surface area contributed by atoms with Crippen LogP contribution in [0.15, 0.2) is 59.5 Å². The van der Waals surface area contributed by atoms with Gasteiger partial charge in [0.05, 0.1) is 0 Å². The maximum atomic E-state index is 13.6. The molecule has 0 heterocycles. The lowest BCUT2D eigenvalue weighted by Gasteiger charge is -2.14. The zero-order valence-electron chi connectivity index (χ0n) is 11.8. The van der Waals surface area contributed by atoms with Crippen LogP contribution >= 0.6 is 0 Å². The number of nitrogens with one attached hydrogen (secondary N) is 1. The maximum absolute atomic E-state index is 13.6. The summed E-state index contributed by atoms with van der Waals surface area (Å²) in [6.07, 6.45) is 1.42. The molecule has 0 spiro atoms. The average molecular weight is 307 g/mol. The second-order valence-corrected chi connectivity index (χ2v) is 6.66. The van der Waals surface area contributed by atoms with Gasteiger partial charge in [-0.3, -0.25) is 0 Å².